The molecule has 0 radical (unpaired) electrons. The maximum Gasteiger partial charge on any atom is 0.416 e. The van der Waals surface area contributed by atoms with Gasteiger partial charge in [0.2, 0.25) is 11.8 Å². The monoisotopic (exact) mass is 550 g/mol. The summed E-state index contributed by atoms with van der Waals surface area (Å²) in [6.45, 7) is -0.803. The van der Waals surface area contributed by atoms with Crippen molar-refractivity contribution in [2.45, 2.75) is 43.8 Å². The number of benzene rings is 2. The molecule has 1 fully saturated rings. The first-order valence-corrected chi connectivity index (χ1v) is 12.2. The van der Waals surface area contributed by atoms with Crippen LogP contribution in [0.5, 0.6) is 0 Å². The zero-order valence-electron chi connectivity index (χ0n) is 20.8. The Bertz CT molecular complexity index is 1320. The maximum absolute atomic E-state index is 13.6. The third-order valence-electron chi connectivity index (χ3n) is 7.05. The number of imide groups is 1. The zero-order chi connectivity index (χ0) is 28.5. The molecule has 1 heterocycles. The molecule has 3 N–H and O–H groups in total. The van der Waals surface area contributed by atoms with Gasteiger partial charge >= 0.3 is 18.3 Å². The molecule has 0 saturated carbocycles. The molecule has 1 aliphatic heterocycles. The number of aryl methyl sites for hydroxylation is 1. The summed E-state index contributed by atoms with van der Waals surface area (Å²) >= 11 is 0. The van der Waals surface area contributed by atoms with Gasteiger partial charge in [0.1, 0.15) is 12.4 Å². The quantitative estimate of drug-likeness (QED) is 0.474. The lowest BCUT2D eigenvalue weighted by Gasteiger charge is -2.29. The molecule has 1 aliphatic carbocycles. The number of anilines is 1. The molecule has 39 heavy (non-hydrogen) atoms. The lowest BCUT2D eigenvalue weighted by atomic mass is 9.97. The number of hydrogen-bond acceptors (Lipinski definition) is 4. The molecule has 0 bridgehead atoms. The van der Waals surface area contributed by atoms with Crippen LogP contribution in [0.25, 0.3) is 0 Å². The summed E-state index contributed by atoms with van der Waals surface area (Å²) in [5.41, 5.74) is 0.321. The Labute approximate surface area is 220 Å². The van der Waals surface area contributed by atoms with Gasteiger partial charge in [0.15, 0.2) is 0 Å². The van der Waals surface area contributed by atoms with E-state index in [2.05, 4.69) is 10.6 Å². The first-order valence-electron chi connectivity index (χ1n) is 12.2. The molecule has 1 saturated heterocycles. The van der Waals surface area contributed by atoms with Gasteiger partial charge < -0.3 is 20.6 Å². The highest BCUT2D eigenvalue weighted by molar-refractivity contribution is 5.99. The van der Waals surface area contributed by atoms with Crippen LogP contribution < -0.4 is 10.6 Å². The molecule has 208 valence electrons. The van der Waals surface area contributed by atoms with Gasteiger partial charge in [-0.3, -0.25) is 9.59 Å². The predicted molar refractivity (Wildman–Crippen MR) is 130 cm³/mol. The fourth-order valence-electron chi connectivity index (χ4n) is 5.25. The second kappa shape index (κ2) is 10.9. The van der Waals surface area contributed by atoms with E-state index in [0.29, 0.717) is 35.1 Å². The second-order valence-electron chi connectivity index (χ2n) is 9.39. The fourth-order valence-corrected chi connectivity index (χ4v) is 5.25. The second-order valence-corrected chi connectivity index (χ2v) is 9.39. The standard InChI is InChI=1S/C26H26F4N4O5/c1-31-24(37)32-16-6-9-17-14(11-16)4-7-18(17)23(36)34(25(38)39)13-22(35)33-10-2-3-21(33)19-8-5-15(27)12-20(19)26(28,29)30/h5-6,8-9,11-12,18,21H,2-4,7,10,13H2,1H3,(H,38,39)(H2,31,32,37). The lowest BCUT2D eigenvalue weighted by molar-refractivity contribution is -0.142. The van der Waals surface area contributed by atoms with E-state index in [-0.39, 0.29) is 24.9 Å². The number of halogens is 4. The van der Waals surface area contributed by atoms with Crippen LogP contribution in [0.15, 0.2) is 36.4 Å². The van der Waals surface area contributed by atoms with Gasteiger partial charge in [0, 0.05) is 19.3 Å². The number of urea groups is 1. The molecule has 9 nitrogen and oxygen atoms in total. The Hall–Kier alpha value is -4.16. The van der Waals surface area contributed by atoms with Crippen molar-refractivity contribution in [3.8, 4) is 0 Å². The average Bonchev–Trinajstić information content (AvgIpc) is 3.53. The van der Waals surface area contributed by atoms with Crippen molar-refractivity contribution in [3.63, 3.8) is 0 Å². The molecule has 2 unspecified atom stereocenters. The number of carbonyl (C=O) groups is 4. The van der Waals surface area contributed by atoms with Crippen LogP contribution in [0.2, 0.25) is 0 Å². The van der Waals surface area contributed by atoms with E-state index in [4.69, 9.17) is 0 Å². The predicted octanol–water partition coefficient (Wildman–Crippen LogP) is 4.50. The molecule has 2 atom stereocenters. The SMILES string of the molecule is CNC(=O)Nc1ccc2c(c1)CCC2C(=O)N(CC(=O)N1CCCC1c1ccc(F)cc1C(F)(F)F)C(=O)O. The maximum atomic E-state index is 13.6. The minimum Gasteiger partial charge on any atom is -0.465 e. The minimum atomic E-state index is -4.86. The molecule has 4 rings (SSSR count). The van der Waals surface area contributed by atoms with Crippen LogP contribution in [-0.4, -0.2) is 59.0 Å². The van der Waals surface area contributed by atoms with E-state index in [1.54, 1.807) is 18.2 Å². The summed E-state index contributed by atoms with van der Waals surface area (Å²) in [4.78, 5) is 51.6. The summed E-state index contributed by atoms with van der Waals surface area (Å²) in [5.74, 6) is -3.57. The topological polar surface area (TPSA) is 119 Å². The summed E-state index contributed by atoms with van der Waals surface area (Å²) in [6.07, 6.45) is -5.27. The van der Waals surface area contributed by atoms with Gasteiger partial charge in [-0.1, -0.05) is 12.1 Å². The number of rotatable bonds is 5. The Kier molecular flexibility index (Phi) is 7.79. The molecule has 2 aromatic rings. The van der Waals surface area contributed by atoms with Gasteiger partial charge in [-0.05, 0) is 66.6 Å². The third kappa shape index (κ3) is 5.81. The number of carboxylic acid groups (broad SMARTS) is 1. The van der Waals surface area contributed by atoms with Crippen LogP contribution in [0.3, 0.4) is 0 Å². The largest absolute Gasteiger partial charge is 0.465 e. The van der Waals surface area contributed by atoms with Crippen LogP contribution in [0, 0.1) is 5.82 Å². The average molecular weight is 551 g/mol. The number of alkyl halides is 3. The zero-order valence-corrected chi connectivity index (χ0v) is 20.8. The van der Waals surface area contributed by atoms with Gasteiger partial charge in [-0.25, -0.2) is 18.9 Å². The van der Waals surface area contributed by atoms with Crippen molar-refractivity contribution >= 4 is 29.6 Å². The summed E-state index contributed by atoms with van der Waals surface area (Å²) < 4.78 is 54.4. The van der Waals surface area contributed by atoms with Crippen molar-refractivity contribution < 1.29 is 41.8 Å². The molecular weight excluding hydrogens is 524 g/mol. The normalized spacial score (nSPS) is 18.4. The van der Waals surface area contributed by atoms with Gasteiger partial charge in [-0.2, -0.15) is 13.2 Å². The Morgan fingerprint density at radius 2 is 1.79 bits per heavy atom. The van der Waals surface area contributed by atoms with E-state index in [1.165, 1.54) is 7.05 Å². The summed E-state index contributed by atoms with van der Waals surface area (Å²) in [7, 11) is 1.46. The molecule has 0 spiro atoms. The Balaban J connectivity index is 1.53. The minimum absolute atomic E-state index is 0.0627. The van der Waals surface area contributed by atoms with E-state index in [9.17, 15) is 41.8 Å². The molecular formula is C26H26F4N4O5. The number of fused-ring (bicyclic) bond motifs is 1. The van der Waals surface area contributed by atoms with Gasteiger partial charge in [0.05, 0.1) is 17.5 Å². The number of likely N-dealkylation sites (tertiary alicyclic amines) is 1. The van der Waals surface area contributed by atoms with Gasteiger partial charge in [0.25, 0.3) is 0 Å². The number of nitrogens with one attached hydrogen (secondary N) is 2. The summed E-state index contributed by atoms with van der Waals surface area (Å²) in [5, 5.41) is 14.8. The van der Waals surface area contributed by atoms with Crippen molar-refractivity contribution in [2.75, 3.05) is 25.5 Å². The number of amides is 5. The van der Waals surface area contributed by atoms with Crippen LogP contribution in [-0.2, 0) is 22.2 Å². The van der Waals surface area contributed by atoms with Crippen molar-refractivity contribution in [1.29, 1.82) is 0 Å². The number of hydrogen-bond donors (Lipinski definition) is 3. The molecule has 2 aliphatic rings. The highest BCUT2D eigenvalue weighted by Gasteiger charge is 2.41. The first-order chi connectivity index (χ1) is 18.4. The number of nitrogens with zero attached hydrogens (tertiary/aromatic N) is 2. The lowest BCUT2D eigenvalue weighted by Crippen LogP contribution is -2.46. The Morgan fingerprint density at radius 1 is 1.08 bits per heavy atom. The van der Waals surface area contributed by atoms with E-state index in [1.807, 2.05) is 0 Å². The molecule has 13 heteroatoms. The van der Waals surface area contributed by atoms with Crippen molar-refractivity contribution in [3.05, 3.63) is 64.5 Å². The Morgan fingerprint density at radius 3 is 2.46 bits per heavy atom. The smallest absolute Gasteiger partial charge is 0.416 e. The van der Waals surface area contributed by atoms with Gasteiger partial charge in [-0.15, -0.1) is 0 Å². The first kappa shape index (κ1) is 27.9. The highest BCUT2D eigenvalue weighted by Crippen LogP contribution is 2.41. The molecule has 5 amide bonds. The fraction of sp³-hybridized carbons (Fsp3) is 0.385. The van der Waals surface area contributed by atoms with E-state index < -0.39 is 60.0 Å². The number of carbonyl (C=O) groups excluding carboxylic acids is 3. The van der Waals surface area contributed by atoms with Crippen LogP contribution >= 0.6 is 0 Å². The van der Waals surface area contributed by atoms with Crippen LogP contribution in [0.4, 0.5) is 32.8 Å². The third-order valence-corrected chi connectivity index (χ3v) is 7.05. The highest BCUT2D eigenvalue weighted by atomic mass is 19.4. The van der Waals surface area contributed by atoms with Crippen molar-refractivity contribution in [2.24, 2.45) is 0 Å². The summed E-state index contributed by atoms with van der Waals surface area (Å²) in [6, 6.07) is 5.63. The van der Waals surface area contributed by atoms with Crippen molar-refractivity contribution in [1.82, 2.24) is 15.1 Å². The molecule has 2 aromatic carbocycles. The van der Waals surface area contributed by atoms with E-state index in [0.717, 1.165) is 22.6 Å². The van der Waals surface area contributed by atoms with E-state index >= 15 is 0 Å². The van der Waals surface area contributed by atoms with Crippen LogP contribution in [0.1, 0.15) is 53.5 Å². The molecule has 0 aromatic heterocycles.